The van der Waals surface area contributed by atoms with Crippen molar-refractivity contribution in [1.82, 2.24) is 14.8 Å². The number of halogens is 1. The molecule has 1 saturated heterocycles. The third kappa shape index (κ3) is 3.43. The number of nitrogens with zero attached hydrogens (tertiary/aromatic N) is 3. The van der Waals surface area contributed by atoms with Gasteiger partial charge in [-0.3, -0.25) is 9.48 Å². The number of carbonyl (C=O) groups excluding carboxylic acids is 1. The van der Waals surface area contributed by atoms with Gasteiger partial charge in [0.2, 0.25) is 5.95 Å². The zero-order valence-corrected chi connectivity index (χ0v) is 11.3. The summed E-state index contributed by atoms with van der Waals surface area (Å²) in [4.78, 5) is 15.4. The number of aromatic nitrogens is 3. The Labute approximate surface area is 120 Å². The van der Waals surface area contributed by atoms with Crippen molar-refractivity contribution in [2.24, 2.45) is 0 Å². The first-order valence-corrected chi connectivity index (χ1v) is 6.78. The molecular formula is C14H15FN4O2. The van der Waals surface area contributed by atoms with Crippen LogP contribution < -0.4 is 5.32 Å². The van der Waals surface area contributed by atoms with Gasteiger partial charge >= 0.3 is 0 Å². The number of rotatable bonds is 4. The SMILES string of the molecule is O=C(Nc1cnn(CC2CCCO2)c1)c1ccnc(F)c1. The van der Waals surface area contributed by atoms with Gasteiger partial charge in [-0.15, -0.1) is 0 Å². The molecule has 1 aliphatic rings. The second-order valence-corrected chi connectivity index (χ2v) is 4.91. The third-order valence-corrected chi connectivity index (χ3v) is 3.29. The molecule has 2 aromatic rings. The van der Waals surface area contributed by atoms with Crippen LogP contribution in [0, 0.1) is 5.95 Å². The normalized spacial score (nSPS) is 17.9. The predicted molar refractivity (Wildman–Crippen MR) is 73.3 cm³/mol. The Bertz CT molecular complexity index is 637. The molecule has 110 valence electrons. The molecule has 21 heavy (non-hydrogen) atoms. The lowest BCUT2D eigenvalue weighted by Gasteiger charge is -2.08. The minimum atomic E-state index is -0.684. The molecule has 1 aliphatic heterocycles. The molecule has 1 atom stereocenters. The van der Waals surface area contributed by atoms with Gasteiger partial charge in [-0.2, -0.15) is 9.49 Å². The van der Waals surface area contributed by atoms with E-state index in [0.717, 1.165) is 25.5 Å². The molecule has 1 amide bonds. The zero-order chi connectivity index (χ0) is 14.7. The Morgan fingerprint density at radius 3 is 3.24 bits per heavy atom. The number of hydrogen-bond donors (Lipinski definition) is 1. The van der Waals surface area contributed by atoms with E-state index in [0.29, 0.717) is 12.2 Å². The fraction of sp³-hybridized carbons (Fsp3) is 0.357. The van der Waals surface area contributed by atoms with Crippen molar-refractivity contribution < 1.29 is 13.9 Å². The van der Waals surface area contributed by atoms with E-state index in [9.17, 15) is 9.18 Å². The van der Waals surface area contributed by atoms with Gasteiger partial charge in [0.15, 0.2) is 0 Å². The first-order chi connectivity index (χ1) is 10.2. The van der Waals surface area contributed by atoms with Crippen LogP contribution in [0.1, 0.15) is 23.2 Å². The monoisotopic (exact) mass is 290 g/mol. The summed E-state index contributed by atoms with van der Waals surface area (Å²) in [6.07, 6.45) is 6.83. The summed E-state index contributed by atoms with van der Waals surface area (Å²) in [6, 6.07) is 2.54. The van der Waals surface area contributed by atoms with Crippen molar-refractivity contribution in [1.29, 1.82) is 0 Å². The standard InChI is InChI=1S/C14H15FN4O2/c15-13-6-10(3-4-16-13)14(20)18-11-7-17-19(8-11)9-12-2-1-5-21-12/h3-4,6-8,12H,1-2,5,9H2,(H,18,20). The van der Waals surface area contributed by atoms with Crippen molar-refractivity contribution in [2.75, 3.05) is 11.9 Å². The average Bonchev–Trinajstić information content (AvgIpc) is 3.11. The van der Waals surface area contributed by atoms with Gasteiger partial charge < -0.3 is 10.1 Å². The first-order valence-electron chi connectivity index (χ1n) is 6.78. The number of hydrogen-bond acceptors (Lipinski definition) is 4. The van der Waals surface area contributed by atoms with Crippen LogP contribution in [-0.4, -0.2) is 33.4 Å². The maximum absolute atomic E-state index is 13.0. The smallest absolute Gasteiger partial charge is 0.255 e. The molecule has 0 saturated carbocycles. The van der Waals surface area contributed by atoms with Crippen LogP contribution in [0.5, 0.6) is 0 Å². The molecule has 1 unspecified atom stereocenters. The first kappa shape index (κ1) is 13.7. The average molecular weight is 290 g/mol. The van der Waals surface area contributed by atoms with E-state index in [-0.39, 0.29) is 11.7 Å². The van der Waals surface area contributed by atoms with Crippen LogP contribution in [0.2, 0.25) is 0 Å². The Kier molecular flexibility index (Phi) is 3.92. The van der Waals surface area contributed by atoms with E-state index in [1.165, 1.54) is 12.3 Å². The van der Waals surface area contributed by atoms with E-state index in [1.54, 1.807) is 17.1 Å². The molecule has 0 aromatic carbocycles. The molecule has 6 nitrogen and oxygen atoms in total. The second-order valence-electron chi connectivity index (χ2n) is 4.91. The minimum Gasteiger partial charge on any atom is -0.376 e. The lowest BCUT2D eigenvalue weighted by molar-refractivity contribution is 0.0940. The molecule has 0 spiro atoms. The largest absolute Gasteiger partial charge is 0.376 e. The van der Waals surface area contributed by atoms with Gasteiger partial charge in [0, 0.05) is 30.6 Å². The van der Waals surface area contributed by atoms with E-state index >= 15 is 0 Å². The van der Waals surface area contributed by atoms with Crippen molar-refractivity contribution >= 4 is 11.6 Å². The lowest BCUT2D eigenvalue weighted by Crippen LogP contribution is -2.15. The highest BCUT2D eigenvalue weighted by molar-refractivity contribution is 6.04. The highest BCUT2D eigenvalue weighted by Crippen LogP contribution is 2.15. The van der Waals surface area contributed by atoms with E-state index < -0.39 is 11.9 Å². The van der Waals surface area contributed by atoms with Gasteiger partial charge in [-0.05, 0) is 18.9 Å². The van der Waals surface area contributed by atoms with Gasteiger partial charge in [0.25, 0.3) is 5.91 Å². The highest BCUT2D eigenvalue weighted by atomic mass is 19.1. The molecule has 0 bridgehead atoms. The maximum atomic E-state index is 13.0. The number of nitrogens with one attached hydrogen (secondary N) is 1. The fourth-order valence-electron chi connectivity index (χ4n) is 2.27. The van der Waals surface area contributed by atoms with Crippen LogP contribution in [0.25, 0.3) is 0 Å². The molecule has 7 heteroatoms. The summed E-state index contributed by atoms with van der Waals surface area (Å²) >= 11 is 0. The number of pyridine rings is 1. The molecule has 0 aliphatic carbocycles. The summed E-state index contributed by atoms with van der Waals surface area (Å²) in [5.41, 5.74) is 0.782. The van der Waals surface area contributed by atoms with Crippen molar-refractivity contribution in [3.05, 3.63) is 42.2 Å². The van der Waals surface area contributed by atoms with E-state index in [2.05, 4.69) is 15.4 Å². The van der Waals surface area contributed by atoms with Crippen molar-refractivity contribution in [3.8, 4) is 0 Å². The van der Waals surface area contributed by atoms with Gasteiger partial charge in [-0.25, -0.2) is 4.98 Å². The molecule has 3 rings (SSSR count). The van der Waals surface area contributed by atoms with Crippen molar-refractivity contribution in [2.45, 2.75) is 25.5 Å². The molecule has 1 N–H and O–H groups in total. The Balaban J connectivity index is 1.62. The quantitative estimate of drug-likeness (QED) is 0.872. The van der Waals surface area contributed by atoms with Gasteiger partial charge in [0.1, 0.15) is 0 Å². The van der Waals surface area contributed by atoms with Gasteiger partial charge in [0.05, 0.1) is 24.5 Å². The third-order valence-electron chi connectivity index (χ3n) is 3.29. The summed E-state index contributed by atoms with van der Waals surface area (Å²) < 4.78 is 20.2. The van der Waals surface area contributed by atoms with Crippen LogP contribution in [-0.2, 0) is 11.3 Å². The van der Waals surface area contributed by atoms with Gasteiger partial charge in [-0.1, -0.05) is 0 Å². The topological polar surface area (TPSA) is 69.0 Å². The molecule has 3 heterocycles. The maximum Gasteiger partial charge on any atom is 0.255 e. The fourth-order valence-corrected chi connectivity index (χ4v) is 2.27. The summed E-state index contributed by atoms with van der Waals surface area (Å²) in [5, 5.41) is 6.85. The summed E-state index contributed by atoms with van der Waals surface area (Å²) in [6.45, 7) is 1.46. The van der Waals surface area contributed by atoms with Crippen LogP contribution in [0.3, 0.4) is 0 Å². The number of ether oxygens (including phenoxy) is 1. The number of carbonyl (C=O) groups is 1. The summed E-state index contributed by atoms with van der Waals surface area (Å²) in [7, 11) is 0. The van der Waals surface area contributed by atoms with Crippen LogP contribution >= 0.6 is 0 Å². The van der Waals surface area contributed by atoms with E-state index in [1.807, 2.05) is 0 Å². The van der Waals surface area contributed by atoms with E-state index in [4.69, 9.17) is 4.74 Å². The molecular weight excluding hydrogens is 275 g/mol. The van der Waals surface area contributed by atoms with Crippen molar-refractivity contribution in [3.63, 3.8) is 0 Å². The van der Waals surface area contributed by atoms with Crippen LogP contribution in [0.4, 0.5) is 10.1 Å². The Morgan fingerprint density at radius 2 is 2.48 bits per heavy atom. The molecule has 2 aromatic heterocycles. The Morgan fingerprint density at radius 1 is 1.57 bits per heavy atom. The number of amides is 1. The Hall–Kier alpha value is -2.28. The summed E-state index contributed by atoms with van der Waals surface area (Å²) in [5.74, 6) is -1.08. The minimum absolute atomic E-state index is 0.183. The molecule has 1 fully saturated rings. The number of anilines is 1. The molecule has 0 radical (unpaired) electrons. The lowest BCUT2D eigenvalue weighted by atomic mass is 10.2. The van der Waals surface area contributed by atoms with Crippen LogP contribution in [0.15, 0.2) is 30.7 Å². The zero-order valence-electron chi connectivity index (χ0n) is 11.3. The second kappa shape index (κ2) is 6.01. The predicted octanol–water partition coefficient (Wildman–Crippen LogP) is 1.85. The highest BCUT2D eigenvalue weighted by Gasteiger charge is 2.16.